The summed E-state index contributed by atoms with van der Waals surface area (Å²) in [6.07, 6.45) is 0. The molecule has 2 aromatic rings. The van der Waals surface area contributed by atoms with Crippen LogP contribution in [0.3, 0.4) is 0 Å². The van der Waals surface area contributed by atoms with E-state index in [1.807, 2.05) is 30.5 Å². The molecule has 0 radical (unpaired) electrons. The minimum atomic E-state index is -0.0350. The second-order valence-electron chi connectivity index (χ2n) is 4.22. The van der Waals surface area contributed by atoms with Crippen molar-refractivity contribution in [1.82, 2.24) is 4.98 Å². The number of fused-ring (bicyclic) bond motifs is 1. The molecule has 1 aromatic heterocycles. The van der Waals surface area contributed by atoms with Crippen LogP contribution in [0, 0.1) is 0 Å². The largest absolute Gasteiger partial charge is 0.486 e. The number of nitrogens with zero attached hydrogens (tertiary/aromatic N) is 1. The number of hydrogen-bond acceptors (Lipinski definition) is 5. The van der Waals surface area contributed by atoms with E-state index in [1.165, 1.54) is 0 Å². The summed E-state index contributed by atoms with van der Waals surface area (Å²) in [5.74, 6) is 1.59. The molecule has 0 fully saturated rings. The summed E-state index contributed by atoms with van der Waals surface area (Å²) >= 11 is 1.59. The zero-order valence-corrected chi connectivity index (χ0v) is 10.9. The van der Waals surface area contributed by atoms with Crippen LogP contribution < -0.4 is 15.2 Å². The maximum Gasteiger partial charge on any atom is 0.162 e. The lowest BCUT2D eigenvalue weighted by molar-refractivity contribution is 0.171. The average Bonchev–Trinajstić information content (AvgIpc) is 2.88. The number of ether oxygens (including phenoxy) is 2. The van der Waals surface area contributed by atoms with Crippen LogP contribution in [-0.4, -0.2) is 18.2 Å². The van der Waals surface area contributed by atoms with Crippen molar-refractivity contribution in [1.29, 1.82) is 0 Å². The minimum absolute atomic E-state index is 0.0350. The molecular weight excluding hydrogens is 248 g/mol. The molecule has 1 atom stereocenters. The molecule has 3 rings (SSSR count). The summed E-state index contributed by atoms with van der Waals surface area (Å²) in [6.45, 7) is 3.14. The lowest BCUT2D eigenvalue weighted by Crippen LogP contribution is -2.15. The van der Waals surface area contributed by atoms with Gasteiger partial charge in [0.1, 0.15) is 18.2 Å². The number of aromatic nitrogens is 1. The first-order valence-electron chi connectivity index (χ1n) is 5.85. The van der Waals surface area contributed by atoms with Gasteiger partial charge in [-0.15, -0.1) is 11.3 Å². The third-order valence-electron chi connectivity index (χ3n) is 2.78. The third-order valence-corrected chi connectivity index (χ3v) is 3.69. The van der Waals surface area contributed by atoms with Gasteiger partial charge in [0.2, 0.25) is 0 Å². The molecule has 2 heterocycles. The molecule has 4 nitrogen and oxygen atoms in total. The van der Waals surface area contributed by atoms with E-state index in [0.717, 1.165) is 27.8 Å². The molecular formula is C13H14N2O2S. The van der Waals surface area contributed by atoms with Crippen molar-refractivity contribution in [3.05, 3.63) is 29.3 Å². The van der Waals surface area contributed by atoms with Crippen molar-refractivity contribution < 1.29 is 9.47 Å². The fourth-order valence-corrected chi connectivity index (χ4v) is 2.73. The lowest BCUT2D eigenvalue weighted by Gasteiger charge is -2.18. The molecule has 1 aliphatic rings. The van der Waals surface area contributed by atoms with Gasteiger partial charge in [0.05, 0.1) is 5.69 Å². The molecule has 0 spiro atoms. The normalized spacial score (nSPS) is 15.4. The summed E-state index contributed by atoms with van der Waals surface area (Å²) in [5.41, 5.74) is 7.77. The molecule has 2 N–H and O–H groups in total. The standard InChI is InChI=1S/C13H14N2O2S/c1-8(14)10-7-18-13(15-10)9-2-3-11-12(6-9)17-5-4-16-11/h2-3,6-8H,4-5,14H2,1H3. The number of nitrogens with two attached hydrogens (primary N) is 1. The fourth-order valence-electron chi connectivity index (χ4n) is 1.80. The summed E-state index contributed by atoms with van der Waals surface area (Å²) in [5, 5.41) is 2.95. The maximum absolute atomic E-state index is 5.82. The Morgan fingerprint density at radius 3 is 2.78 bits per heavy atom. The summed E-state index contributed by atoms with van der Waals surface area (Å²) < 4.78 is 11.1. The van der Waals surface area contributed by atoms with Crippen molar-refractivity contribution >= 4 is 11.3 Å². The highest BCUT2D eigenvalue weighted by atomic mass is 32.1. The molecule has 0 saturated heterocycles. The van der Waals surface area contributed by atoms with E-state index >= 15 is 0 Å². The number of thiazole rings is 1. The Morgan fingerprint density at radius 2 is 2.06 bits per heavy atom. The first-order valence-corrected chi connectivity index (χ1v) is 6.73. The highest BCUT2D eigenvalue weighted by Crippen LogP contribution is 2.35. The first-order chi connectivity index (χ1) is 8.74. The fraction of sp³-hybridized carbons (Fsp3) is 0.308. The van der Waals surface area contributed by atoms with Crippen molar-refractivity contribution in [2.45, 2.75) is 13.0 Å². The van der Waals surface area contributed by atoms with Crippen molar-refractivity contribution in [3.8, 4) is 22.1 Å². The van der Waals surface area contributed by atoms with E-state index in [2.05, 4.69) is 4.98 Å². The molecule has 1 unspecified atom stereocenters. The van der Waals surface area contributed by atoms with Gasteiger partial charge in [0.15, 0.2) is 11.5 Å². The van der Waals surface area contributed by atoms with Crippen LogP contribution in [0.2, 0.25) is 0 Å². The summed E-state index contributed by atoms with van der Waals surface area (Å²) in [7, 11) is 0. The maximum atomic E-state index is 5.82. The molecule has 94 valence electrons. The van der Waals surface area contributed by atoms with Gasteiger partial charge >= 0.3 is 0 Å². The lowest BCUT2D eigenvalue weighted by atomic mass is 10.2. The molecule has 0 bridgehead atoms. The van der Waals surface area contributed by atoms with Crippen LogP contribution in [0.5, 0.6) is 11.5 Å². The number of rotatable bonds is 2. The van der Waals surface area contributed by atoms with E-state index in [9.17, 15) is 0 Å². The number of benzene rings is 1. The molecule has 0 aliphatic carbocycles. The van der Waals surface area contributed by atoms with Gasteiger partial charge < -0.3 is 15.2 Å². The number of hydrogen-bond donors (Lipinski definition) is 1. The van der Waals surface area contributed by atoms with E-state index in [-0.39, 0.29) is 6.04 Å². The van der Waals surface area contributed by atoms with E-state index < -0.39 is 0 Å². The average molecular weight is 262 g/mol. The van der Waals surface area contributed by atoms with Crippen molar-refractivity contribution in [2.24, 2.45) is 5.73 Å². The monoisotopic (exact) mass is 262 g/mol. The van der Waals surface area contributed by atoms with Crippen LogP contribution in [0.1, 0.15) is 18.7 Å². The Morgan fingerprint density at radius 1 is 1.28 bits per heavy atom. The highest BCUT2D eigenvalue weighted by molar-refractivity contribution is 7.13. The van der Waals surface area contributed by atoms with E-state index in [1.54, 1.807) is 11.3 Å². The molecule has 5 heteroatoms. The van der Waals surface area contributed by atoms with Crippen LogP contribution in [-0.2, 0) is 0 Å². The van der Waals surface area contributed by atoms with Gasteiger partial charge in [-0.3, -0.25) is 0 Å². The molecule has 18 heavy (non-hydrogen) atoms. The zero-order valence-electron chi connectivity index (χ0n) is 10.1. The predicted octanol–water partition coefficient (Wildman–Crippen LogP) is 2.60. The molecule has 0 amide bonds. The minimum Gasteiger partial charge on any atom is -0.486 e. The van der Waals surface area contributed by atoms with Gasteiger partial charge in [0.25, 0.3) is 0 Å². The SMILES string of the molecule is CC(N)c1csc(-c2ccc3c(c2)OCCO3)n1. The summed E-state index contributed by atoms with van der Waals surface area (Å²) in [6, 6.07) is 5.86. The Labute approximate surface area is 109 Å². The summed E-state index contributed by atoms with van der Waals surface area (Å²) in [4.78, 5) is 4.53. The van der Waals surface area contributed by atoms with Crippen molar-refractivity contribution in [2.75, 3.05) is 13.2 Å². The smallest absolute Gasteiger partial charge is 0.162 e. The molecule has 0 saturated carbocycles. The quantitative estimate of drug-likeness (QED) is 0.903. The second-order valence-corrected chi connectivity index (χ2v) is 5.08. The Hall–Kier alpha value is -1.59. The first kappa shape index (κ1) is 11.5. The topological polar surface area (TPSA) is 57.4 Å². The third kappa shape index (κ3) is 2.07. The zero-order chi connectivity index (χ0) is 12.5. The van der Waals surface area contributed by atoms with Crippen LogP contribution >= 0.6 is 11.3 Å². The van der Waals surface area contributed by atoms with Gasteiger partial charge in [-0.1, -0.05) is 0 Å². The predicted molar refractivity (Wildman–Crippen MR) is 71.1 cm³/mol. The van der Waals surface area contributed by atoms with Crippen LogP contribution in [0.25, 0.3) is 10.6 Å². The van der Waals surface area contributed by atoms with Crippen LogP contribution in [0.4, 0.5) is 0 Å². The van der Waals surface area contributed by atoms with Gasteiger partial charge in [-0.05, 0) is 25.1 Å². The Balaban J connectivity index is 1.95. The van der Waals surface area contributed by atoms with E-state index in [0.29, 0.717) is 13.2 Å². The molecule has 1 aromatic carbocycles. The van der Waals surface area contributed by atoms with Gasteiger partial charge in [0, 0.05) is 17.0 Å². The Bertz CT molecular complexity index is 566. The highest BCUT2D eigenvalue weighted by Gasteiger charge is 2.14. The van der Waals surface area contributed by atoms with E-state index in [4.69, 9.17) is 15.2 Å². The van der Waals surface area contributed by atoms with Crippen molar-refractivity contribution in [3.63, 3.8) is 0 Å². The van der Waals surface area contributed by atoms with Gasteiger partial charge in [-0.2, -0.15) is 0 Å². The van der Waals surface area contributed by atoms with Crippen LogP contribution in [0.15, 0.2) is 23.6 Å². The Kier molecular flexibility index (Phi) is 2.93. The molecule has 1 aliphatic heterocycles. The second kappa shape index (κ2) is 4.59. The van der Waals surface area contributed by atoms with Gasteiger partial charge in [-0.25, -0.2) is 4.98 Å².